The molecule has 2 aromatic rings. The van der Waals surface area contributed by atoms with Crippen LogP contribution in [0.1, 0.15) is 35.2 Å². The van der Waals surface area contributed by atoms with Gasteiger partial charge in [-0.15, -0.1) is 0 Å². The average molecular weight is 401 g/mol. The lowest BCUT2D eigenvalue weighted by Gasteiger charge is -2.29. The molecule has 1 atom stereocenters. The Morgan fingerprint density at radius 2 is 2.00 bits per heavy atom. The highest BCUT2D eigenvalue weighted by atomic mass is 32.2. The molecule has 1 unspecified atom stereocenters. The summed E-state index contributed by atoms with van der Waals surface area (Å²) >= 11 is 0. The van der Waals surface area contributed by atoms with Gasteiger partial charge in [0.25, 0.3) is 5.91 Å². The van der Waals surface area contributed by atoms with Crippen LogP contribution in [-0.4, -0.2) is 40.1 Å². The predicted molar refractivity (Wildman–Crippen MR) is 107 cm³/mol. The van der Waals surface area contributed by atoms with Crippen LogP contribution < -0.4 is 9.62 Å². The number of nitrogens with zero attached hydrogens (tertiary/aromatic N) is 1. The number of para-hydroxylation sites is 1. The first-order chi connectivity index (χ1) is 13.5. The maximum absolute atomic E-state index is 13.1. The van der Waals surface area contributed by atoms with Crippen LogP contribution in [0.2, 0.25) is 0 Å². The van der Waals surface area contributed by atoms with E-state index < -0.39 is 10.0 Å². The van der Waals surface area contributed by atoms with Gasteiger partial charge in [0, 0.05) is 30.9 Å². The minimum Gasteiger partial charge on any atom is -0.377 e. The maximum atomic E-state index is 13.1. The molecule has 1 fully saturated rings. The molecule has 148 valence electrons. The molecule has 1 N–H and O–H groups in total. The number of benzene rings is 2. The van der Waals surface area contributed by atoms with Crippen molar-refractivity contribution in [3.63, 3.8) is 0 Å². The fourth-order valence-electron chi connectivity index (χ4n) is 3.79. The van der Waals surface area contributed by atoms with E-state index in [1.54, 1.807) is 17.0 Å². The van der Waals surface area contributed by atoms with Crippen molar-refractivity contribution in [1.82, 2.24) is 4.72 Å². The summed E-state index contributed by atoms with van der Waals surface area (Å²) in [5, 5.41) is 0. The van der Waals surface area contributed by atoms with E-state index in [4.69, 9.17) is 4.74 Å². The first kappa shape index (κ1) is 19.1. The zero-order valence-corrected chi connectivity index (χ0v) is 16.5. The van der Waals surface area contributed by atoms with Crippen molar-refractivity contribution in [2.24, 2.45) is 0 Å². The first-order valence-electron chi connectivity index (χ1n) is 9.66. The number of anilines is 1. The number of sulfonamides is 1. The molecule has 0 aliphatic carbocycles. The third kappa shape index (κ3) is 3.97. The lowest BCUT2D eigenvalue weighted by atomic mass is 10.0. The van der Waals surface area contributed by atoms with Crippen molar-refractivity contribution < 1.29 is 17.9 Å². The van der Waals surface area contributed by atoms with Crippen molar-refractivity contribution in [2.75, 3.05) is 24.6 Å². The largest absolute Gasteiger partial charge is 0.377 e. The molecule has 2 heterocycles. The van der Waals surface area contributed by atoms with Crippen molar-refractivity contribution in [2.45, 2.75) is 36.7 Å². The van der Waals surface area contributed by atoms with E-state index in [1.807, 2.05) is 24.3 Å². The number of carbonyl (C=O) groups is 1. The lowest BCUT2D eigenvalue weighted by molar-refractivity contribution is 0.0985. The molecular formula is C21H24N2O4S. The molecule has 6 nitrogen and oxygen atoms in total. The molecule has 0 radical (unpaired) electrons. The number of amides is 1. The summed E-state index contributed by atoms with van der Waals surface area (Å²) in [6.45, 7) is 1.55. The highest BCUT2D eigenvalue weighted by Crippen LogP contribution is 2.28. The van der Waals surface area contributed by atoms with Crippen LogP contribution in [0.25, 0.3) is 0 Å². The molecule has 2 aromatic carbocycles. The van der Waals surface area contributed by atoms with Crippen LogP contribution >= 0.6 is 0 Å². The van der Waals surface area contributed by atoms with Crippen LogP contribution in [0.4, 0.5) is 5.69 Å². The van der Waals surface area contributed by atoms with Crippen LogP contribution in [0.3, 0.4) is 0 Å². The van der Waals surface area contributed by atoms with Crippen LogP contribution in [0.15, 0.2) is 53.4 Å². The summed E-state index contributed by atoms with van der Waals surface area (Å²) in [6, 6.07) is 14.1. The summed E-state index contributed by atoms with van der Waals surface area (Å²) in [6.07, 6.45) is 3.57. The second kappa shape index (κ2) is 8.03. The van der Waals surface area contributed by atoms with Gasteiger partial charge in [0.15, 0.2) is 0 Å². The first-order valence-corrected chi connectivity index (χ1v) is 11.1. The Balaban J connectivity index is 1.54. The molecular weight excluding hydrogens is 376 g/mol. The van der Waals surface area contributed by atoms with E-state index in [0.717, 1.165) is 36.9 Å². The average Bonchev–Trinajstić information content (AvgIpc) is 3.25. The summed E-state index contributed by atoms with van der Waals surface area (Å²) in [5.41, 5.74) is 2.42. The normalized spacial score (nSPS) is 19.4. The van der Waals surface area contributed by atoms with Gasteiger partial charge >= 0.3 is 0 Å². The van der Waals surface area contributed by atoms with E-state index in [-0.39, 0.29) is 23.5 Å². The van der Waals surface area contributed by atoms with Gasteiger partial charge in [-0.05, 0) is 55.5 Å². The minimum atomic E-state index is -3.70. The van der Waals surface area contributed by atoms with Gasteiger partial charge < -0.3 is 9.64 Å². The van der Waals surface area contributed by atoms with E-state index in [2.05, 4.69) is 4.72 Å². The van der Waals surface area contributed by atoms with E-state index in [1.165, 1.54) is 12.1 Å². The van der Waals surface area contributed by atoms with Gasteiger partial charge in [0.05, 0.1) is 11.0 Å². The summed E-state index contributed by atoms with van der Waals surface area (Å²) in [7, 11) is -3.70. The number of hydrogen-bond acceptors (Lipinski definition) is 4. The fourth-order valence-corrected chi connectivity index (χ4v) is 4.90. The number of fused-ring (bicyclic) bond motifs is 1. The van der Waals surface area contributed by atoms with E-state index >= 15 is 0 Å². The molecule has 0 spiro atoms. The number of nitrogens with one attached hydrogen (secondary N) is 1. The molecule has 2 aliphatic rings. The van der Waals surface area contributed by atoms with Crippen molar-refractivity contribution >= 4 is 21.6 Å². The van der Waals surface area contributed by atoms with Crippen LogP contribution in [0, 0.1) is 0 Å². The molecule has 1 saturated heterocycles. The minimum absolute atomic E-state index is 0.0792. The van der Waals surface area contributed by atoms with Crippen molar-refractivity contribution in [3.8, 4) is 0 Å². The van der Waals surface area contributed by atoms with Crippen molar-refractivity contribution in [3.05, 3.63) is 59.7 Å². The van der Waals surface area contributed by atoms with Gasteiger partial charge in [-0.1, -0.05) is 24.3 Å². The molecule has 0 aromatic heterocycles. The fraction of sp³-hybridized carbons (Fsp3) is 0.381. The second-order valence-corrected chi connectivity index (χ2v) is 8.97. The summed E-state index contributed by atoms with van der Waals surface area (Å²) < 4.78 is 33.4. The molecule has 7 heteroatoms. The van der Waals surface area contributed by atoms with E-state index in [9.17, 15) is 13.2 Å². The molecule has 28 heavy (non-hydrogen) atoms. The van der Waals surface area contributed by atoms with Gasteiger partial charge in [-0.3, -0.25) is 4.79 Å². The SMILES string of the molecule is O=C(c1cccc(S(=O)(=O)NCC2CCCO2)c1)N1CCCc2ccccc21. The van der Waals surface area contributed by atoms with Crippen LogP contribution in [-0.2, 0) is 21.2 Å². The number of ether oxygens (including phenoxy) is 1. The quantitative estimate of drug-likeness (QED) is 0.837. The molecule has 1 amide bonds. The Kier molecular flexibility index (Phi) is 5.48. The monoisotopic (exact) mass is 400 g/mol. The number of carbonyl (C=O) groups excluding carboxylic acids is 1. The zero-order valence-electron chi connectivity index (χ0n) is 15.6. The van der Waals surface area contributed by atoms with Crippen LogP contribution in [0.5, 0.6) is 0 Å². The summed E-state index contributed by atoms with van der Waals surface area (Å²) in [5.74, 6) is -0.177. The Labute approximate surface area is 165 Å². The standard InChI is InChI=1S/C21H24N2O4S/c24-21(23-12-4-8-16-6-1-2-11-20(16)23)17-7-3-10-19(14-17)28(25,26)22-15-18-9-5-13-27-18/h1-3,6-7,10-11,14,18,22H,4-5,8-9,12-13,15H2. The Morgan fingerprint density at radius 1 is 1.14 bits per heavy atom. The Bertz CT molecular complexity index is 968. The van der Waals surface area contributed by atoms with Crippen molar-refractivity contribution in [1.29, 1.82) is 0 Å². The van der Waals surface area contributed by atoms with Gasteiger partial charge in [0.2, 0.25) is 10.0 Å². The molecule has 0 bridgehead atoms. The van der Waals surface area contributed by atoms with E-state index in [0.29, 0.717) is 18.7 Å². The predicted octanol–water partition coefficient (Wildman–Crippen LogP) is 2.74. The summed E-state index contributed by atoms with van der Waals surface area (Å²) in [4.78, 5) is 14.9. The number of hydrogen-bond donors (Lipinski definition) is 1. The second-order valence-electron chi connectivity index (χ2n) is 7.20. The molecule has 2 aliphatic heterocycles. The lowest BCUT2D eigenvalue weighted by Crippen LogP contribution is -2.35. The molecule has 4 rings (SSSR count). The Hall–Kier alpha value is -2.22. The highest BCUT2D eigenvalue weighted by molar-refractivity contribution is 7.89. The zero-order chi connectivity index (χ0) is 19.6. The maximum Gasteiger partial charge on any atom is 0.258 e. The molecule has 0 saturated carbocycles. The Morgan fingerprint density at radius 3 is 2.82 bits per heavy atom. The third-order valence-corrected chi connectivity index (χ3v) is 6.69. The smallest absolute Gasteiger partial charge is 0.258 e. The van der Waals surface area contributed by atoms with Gasteiger partial charge in [0.1, 0.15) is 0 Å². The number of rotatable bonds is 5. The highest BCUT2D eigenvalue weighted by Gasteiger charge is 2.25. The van der Waals surface area contributed by atoms with Gasteiger partial charge in [-0.2, -0.15) is 0 Å². The number of aryl methyl sites for hydroxylation is 1. The third-order valence-electron chi connectivity index (χ3n) is 5.27. The topological polar surface area (TPSA) is 75.7 Å². The van der Waals surface area contributed by atoms with Gasteiger partial charge in [-0.25, -0.2) is 13.1 Å².